The molecule has 0 radical (unpaired) electrons. The molecule has 134 valence electrons. The predicted molar refractivity (Wildman–Crippen MR) is 92.4 cm³/mol. The zero-order valence-corrected chi connectivity index (χ0v) is 14.6. The van der Waals surface area contributed by atoms with Crippen LogP contribution in [0.4, 0.5) is 0 Å². The molecule has 2 fully saturated rings. The zero-order valence-electron chi connectivity index (χ0n) is 13.8. The van der Waals surface area contributed by atoms with Crippen LogP contribution < -0.4 is 10.6 Å². The van der Waals surface area contributed by atoms with Crippen molar-refractivity contribution in [3.63, 3.8) is 0 Å². The Kier molecular flexibility index (Phi) is 5.06. The number of rotatable bonds is 2. The number of nitrogens with one attached hydrogen (secondary N) is 2. The van der Waals surface area contributed by atoms with Crippen molar-refractivity contribution >= 4 is 30.1 Å². The van der Waals surface area contributed by atoms with E-state index in [9.17, 15) is 14.4 Å². The van der Waals surface area contributed by atoms with Crippen molar-refractivity contribution in [2.75, 3.05) is 13.1 Å². The summed E-state index contributed by atoms with van der Waals surface area (Å²) in [6, 6.07) is 1.49. The second-order valence-electron chi connectivity index (χ2n) is 6.70. The van der Waals surface area contributed by atoms with Crippen molar-refractivity contribution in [2.24, 2.45) is 0 Å². The molecule has 4 heterocycles. The number of carbonyl (C=O) groups excluding carboxylic acids is 3. The molecular formula is C17H21ClN4O3. The number of halogens is 1. The summed E-state index contributed by atoms with van der Waals surface area (Å²) < 4.78 is 0. The Hall–Kier alpha value is -1.99. The number of fused-ring (bicyclic) bond motifs is 1. The fraction of sp³-hybridized carbons (Fsp3) is 0.529. The fourth-order valence-corrected chi connectivity index (χ4v) is 3.84. The van der Waals surface area contributed by atoms with Crippen LogP contribution in [-0.2, 0) is 16.1 Å². The number of aromatic nitrogens is 1. The van der Waals surface area contributed by atoms with Crippen LogP contribution in [0.2, 0.25) is 0 Å². The van der Waals surface area contributed by atoms with E-state index in [0.717, 1.165) is 31.5 Å². The number of nitrogens with zero attached hydrogens (tertiary/aromatic N) is 2. The highest BCUT2D eigenvalue weighted by atomic mass is 35.5. The molecule has 2 saturated heterocycles. The standard InChI is InChI=1S/C17H20N4O3.ClH/c22-14-2-1-13(16(23)20-14)21-9-12-7-11(8-19-15(12)17(21)24)10-3-5-18-6-4-10;/h7-8,10,13,18H,1-6,9H2,(H,20,22,23);1H. The Morgan fingerprint density at radius 2 is 1.88 bits per heavy atom. The number of piperidine rings is 2. The van der Waals surface area contributed by atoms with E-state index >= 15 is 0 Å². The third kappa shape index (κ3) is 3.26. The van der Waals surface area contributed by atoms with Gasteiger partial charge in [-0.2, -0.15) is 0 Å². The van der Waals surface area contributed by atoms with Crippen LogP contribution in [0, 0.1) is 0 Å². The van der Waals surface area contributed by atoms with Gasteiger partial charge in [0.15, 0.2) is 0 Å². The maximum Gasteiger partial charge on any atom is 0.273 e. The maximum absolute atomic E-state index is 12.6. The van der Waals surface area contributed by atoms with Crippen LogP contribution in [0.15, 0.2) is 12.3 Å². The molecule has 2 N–H and O–H groups in total. The van der Waals surface area contributed by atoms with Crippen LogP contribution in [0.25, 0.3) is 0 Å². The van der Waals surface area contributed by atoms with Crippen molar-refractivity contribution in [2.45, 2.75) is 44.2 Å². The molecule has 0 aliphatic carbocycles. The molecule has 3 aliphatic rings. The molecule has 25 heavy (non-hydrogen) atoms. The minimum Gasteiger partial charge on any atom is -0.321 e. The lowest BCUT2D eigenvalue weighted by molar-refractivity contribution is -0.136. The Bertz CT molecular complexity index is 718. The third-order valence-electron chi connectivity index (χ3n) is 5.19. The summed E-state index contributed by atoms with van der Waals surface area (Å²) in [6.45, 7) is 2.40. The van der Waals surface area contributed by atoms with Crippen molar-refractivity contribution in [1.29, 1.82) is 0 Å². The van der Waals surface area contributed by atoms with E-state index in [-0.39, 0.29) is 36.5 Å². The average Bonchev–Trinajstić information content (AvgIpc) is 2.92. The lowest BCUT2D eigenvalue weighted by Gasteiger charge is -2.29. The van der Waals surface area contributed by atoms with E-state index in [1.807, 2.05) is 0 Å². The Labute approximate surface area is 152 Å². The predicted octanol–water partition coefficient (Wildman–Crippen LogP) is 0.731. The SMILES string of the molecule is Cl.O=C1CCC(N2Cc3cc(C4CCNCC4)cnc3C2=O)C(=O)N1. The zero-order chi connectivity index (χ0) is 16.7. The molecule has 7 nitrogen and oxygen atoms in total. The van der Waals surface area contributed by atoms with Gasteiger partial charge < -0.3 is 10.2 Å². The van der Waals surface area contributed by atoms with E-state index in [4.69, 9.17) is 0 Å². The molecule has 3 amide bonds. The van der Waals surface area contributed by atoms with Crippen molar-refractivity contribution < 1.29 is 14.4 Å². The van der Waals surface area contributed by atoms with Gasteiger partial charge in [0.05, 0.1) is 0 Å². The van der Waals surface area contributed by atoms with Crippen LogP contribution in [0.5, 0.6) is 0 Å². The Morgan fingerprint density at radius 1 is 1.12 bits per heavy atom. The molecule has 8 heteroatoms. The van der Waals surface area contributed by atoms with Gasteiger partial charge in [0.1, 0.15) is 11.7 Å². The molecule has 1 unspecified atom stereocenters. The van der Waals surface area contributed by atoms with Gasteiger partial charge in [0, 0.05) is 24.7 Å². The van der Waals surface area contributed by atoms with Gasteiger partial charge >= 0.3 is 0 Å². The van der Waals surface area contributed by atoms with Gasteiger partial charge in [0.2, 0.25) is 11.8 Å². The summed E-state index contributed by atoms with van der Waals surface area (Å²) >= 11 is 0. The van der Waals surface area contributed by atoms with Gasteiger partial charge in [-0.1, -0.05) is 0 Å². The first-order valence-corrected chi connectivity index (χ1v) is 8.47. The number of pyridine rings is 1. The van der Waals surface area contributed by atoms with E-state index in [1.165, 1.54) is 5.56 Å². The minimum absolute atomic E-state index is 0. The molecule has 1 aromatic heterocycles. The van der Waals surface area contributed by atoms with Crippen LogP contribution in [-0.4, -0.2) is 46.7 Å². The van der Waals surface area contributed by atoms with Crippen LogP contribution in [0.3, 0.4) is 0 Å². The monoisotopic (exact) mass is 364 g/mol. The molecular weight excluding hydrogens is 344 g/mol. The number of hydrogen-bond donors (Lipinski definition) is 2. The van der Waals surface area contributed by atoms with Gasteiger partial charge in [-0.15, -0.1) is 12.4 Å². The van der Waals surface area contributed by atoms with Crippen molar-refractivity contribution in [3.8, 4) is 0 Å². The van der Waals surface area contributed by atoms with Gasteiger partial charge in [-0.25, -0.2) is 0 Å². The maximum atomic E-state index is 12.6. The molecule has 0 aromatic carbocycles. The molecule has 3 aliphatic heterocycles. The fourth-order valence-electron chi connectivity index (χ4n) is 3.84. The van der Waals surface area contributed by atoms with E-state index < -0.39 is 6.04 Å². The van der Waals surface area contributed by atoms with E-state index in [2.05, 4.69) is 21.7 Å². The summed E-state index contributed by atoms with van der Waals surface area (Å²) in [5.41, 5.74) is 2.51. The number of imide groups is 1. The van der Waals surface area contributed by atoms with E-state index in [0.29, 0.717) is 24.6 Å². The summed E-state index contributed by atoms with van der Waals surface area (Å²) in [7, 11) is 0. The highest BCUT2D eigenvalue weighted by Crippen LogP contribution is 2.31. The average molecular weight is 365 g/mol. The molecule has 4 rings (SSSR count). The quantitative estimate of drug-likeness (QED) is 0.755. The third-order valence-corrected chi connectivity index (χ3v) is 5.19. The first-order chi connectivity index (χ1) is 11.6. The first-order valence-electron chi connectivity index (χ1n) is 8.47. The number of hydrogen-bond acceptors (Lipinski definition) is 5. The summed E-state index contributed by atoms with van der Waals surface area (Å²) in [4.78, 5) is 41.9. The van der Waals surface area contributed by atoms with Crippen molar-refractivity contribution in [3.05, 3.63) is 29.1 Å². The van der Waals surface area contributed by atoms with Gasteiger partial charge in [0.25, 0.3) is 5.91 Å². The van der Waals surface area contributed by atoms with Crippen LogP contribution in [0.1, 0.15) is 53.2 Å². The largest absolute Gasteiger partial charge is 0.321 e. The molecule has 1 aromatic rings. The number of amides is 3. The lowest BCUT2D eigenvalue weighted by atomic mass is 9.90. The van der Waals surface area contributed by atoms with Crippen molar-refractivity contribution in [1.82, 2.24) is 20.5 Å². The first kappa shape index (κ1) is 17.8. The van der Waals surface area contributed by atoms with Crippen LogP contribution >= 0.6 is 12.4 Å². The van der Waals surface area contributed by atoms with E-state index in [1.54, 1.807) is 11.1 Å². The second-order valence-corrected chi connectivity index (χ2v) is 6.70. The summed E-state index contributed by atoms with van der Waals surface area (Å²) in [6.07, 6.45) is 4.60. The molecule has 0 saturated carbocycles. The highest BCUT2D eigenvalue weighted by molar-refractivity contribution is 6.04. The Morgan fingerprint density at radius 3 is 2.60 bits per heavy atom. The van der Waals surface area contributed by atoms with Gasteiger partial charge in [-0.3, -0.25) is 24.7 Å². The normalized spacial score (nSPS) is 23.9. The molecule has 0 bridgehead atoms. The second kappa shape index (κ2) is 7.09. The Balaban J connectivity index is 0.00000182. The number of carbonyl (C=O) groups is 3. The minimum atomic E-state index is -0.577. The smallest absolute Gasteiger partial charge is 0.273 e. The summed E-state index contributed by atoms with van der Waals surface area (Å²) in [5.74, 6) is -0.391. The summed E-state index contributed by atoms with van der Waals surface area (Å²) in [5, 5.41) is 5.67. The van der Waals surface area contributed by atoms with Gasteiger partial charge in [-0.05, 0) is 49.9 Å². The highest BCUT2D eigenvalue weighted by Gasteiger charge is 2.40. The molecule has 0 spiro atoms. The topological polar surface area (TPSA) is 91.4 Å². The molecule has 1 atom stereocenters. The lowest BCUT2D eigenvalue weighted by Crippen LogP contribution is -2.52.